The van der Waals surface area contributed by atoms with E-state index < -0.39 is 61.2 Å². The quantitative estimate of drug-likeness (QED) is 0.265. The number of carbonyl (C=O) groups is 2. The molecule has 3 aromatic rings. The number of nitrogens with zero attached hydrogens (tertiary/aromatic N) is 7. The van der Waals surface area contributed by atoms with Crippen LogP contribution in [0.25, 0.3) is 10.8 Å². The number of ether oxygens (including phenoxy) is 1. The van der Waals surface area contributed by atoms with Crippen molar-refractivity contribution in [2.45, 2.75) is 43.8 Å². The first kappa shape index (κ1) is 33.1. The number of fused-ring (bicyclic) bond motifs is 2. The Bertz CT molecular complexity index is 1840. The number of nitriles is 1. The number of carbonyl (C=O) groups excluding carboxylic acids is 1. The Morgan fingerprint density at radius 2 is 1.92 bits per heavy atom. The lowest BCUT2D eigenvalue weighted by Crippen LogP contribution is -2.55. The molecule has 0 radical (unpaired) electrons. The van der Waals surface area contributed by atoms with Gasteiger partial charge < -0.3 is 24.5 Å². The van der Waals surface area contributed by atoms with Gasteiger partial charge in [0.05, 0.1) is 48.4 Å². The summed E-state index contributed by atoms with van der Waals surface area (Å²) in [7, 11) is 0. The van der Waals surface area contributed by atoms with Gasteiger partial charge in [-0.05, 0) is 23.9 Å². The number of anilines is 2. The lowest BCUT2D eigenvalue weighted by atomic mass is 10.0. The Kier molecular flexibility index (Phi) is 8.95. The molecule has 2 amide bonds. The minimum absolute atomic E-state index is 0.0236. The van der Waals surface area contributed by atoms with E-state index in [9.17, 15) is 37.5 Å². The lowest BCUT2D eigenvalue weighted by molar-refractivity contribution is -0.131. The van der Waals surface area contributed by atoms with Crippen LogP contribution in [0.4, 0.5) is 33.9 Å². The van der Waals surface area contributed by atoms with Gasteiger partial charge >= 0.3 is 12.1 Å². The molecule has 6 rings (SSSR count). The number of rotatable bonds is 7. The number of hydrogen-bond donors (Lipinski definition) is 1. The molecule has 2 saturated heterocycles. The van der Waals surface area contributed by atoms with E-state index in [1.165, 1.54) is 11.0 Å². The number of aromatic nitrogens is 2. The Labute approximate surface area is 277 Å². The van der Waals surface area contributed by atoms with Crippen molar-refractivity contribution in [3.05, 3.63) is 64.8 Å². The zero-order chi connectivity index (χ0) is 34.3. The fourth-order valence-corrected chi connectivity index (χ4v) is 6.94. The van der Waals surface area contributed by atoms with Crippen LogP contribution in [0.2, 0.25) is 5.02 Å². The first-order chi connectivity index (χ1) is 22.9. The summed E-state index contributed by atoms with van der Waals surface area (Å²) < 4.78 is 62.5. The van der Waals surface area contributed by atoms with Gasteiger partial charge in [0.25, 0.3) is 11.8 Å². The topological polar surface area (TPSA) is 126 Å². The van der Waals surface area contributed by atoms with Gasteiger partial charge in [0.15, 0.2) is 5.83 Å². The van der Waals surface area contributed by atoms with Crippen molar-refractivity contribution in [1.29, 1.82) is 5.26 Å². The van der Waals surface area contributed by atoms with Crippen molar-refractivity contribution < 1.29 is 37.0 Å². The minimum Gasteiger partial charge on any atom is -0.465 e. The maximum absolute atomic E-state index is 14.5. The maximum atomic E-state index is 14.5. The van der Waals surface area contributed by atoms with Gasteiger partial charge in [-0.2, -0.15) is 15.2 Å². The van der Waals surface area contributed by atoms with E-state index >= 15 is 0 Å². The summed E-state index contributed by atoms with van der Waals surface area (Å²) in [6.45, 7) is 2.79. The van der Waals surface area contributed by atoms with Crippen LogP contribution in [-0.4, -0.2) is 94.2 Å². The molecule has 0 spiro atoms. The first-order valence-electron chi connectivity index (χ1n) is 15.2. The van der Waals surface area contributed by atoms with Gasteiger partial charge in [-0.3, -0.25) is 9.69 Å². The third-order valence-electron chi connectivity index (χ3n) is 8.91. The number of benzene rings is 2. The Balaban J connectivity index is 1.35. The van der Waals surface area contributed by atoms with Crippen LogP contribution >= 0.6 is 11.6 Å². The molecule has 1 N–H and O–H groups in total. The number of amides is 2. The third kappa shape index (κ3) is 6.36. The van der Waals surface area contributed by atoms with Gasteiger partial charge in [0.1, 0.15) is 18.2 Å². The number of likely N-dealkylation sites (tertiary alicyclic amines) is 1. The van der Waals surface area contributed by atoms with Gasteiger partial charge in [0, 0.05) is 49.2 Å². The zero-order valence-electron chi connectivity index (χ0n) is 25.5. The largest absolute Gasteiger partial charge is 0.465 e. The summed E-state index contributed by atoms with van der Waals surface area (Å²) in [5.41, 5.74) is 1.93. The van der Waals surface area contributed by atoms with Crippen LogP contribution in [0, 0.1) is 17.1 Å². The van der Waals surface area contributed by atoms with E-state index in [-0.39, 0.29) is 43.6 Å². The fourth-order valence-electron chi connectivity index (χ4n) is 6.67. The molecule has 0 saturated carbocycles. The molecule has 4 heterocycles. The van der Waals surface area contributed by atoms with Gasteiger partial charge in [-0.1, -0.05) is 36.4 Å². The monoisotopic (exact) mass is 687 g/mol. The highest BCUT2D eigenvalue weighted by Crippen LogP contribution is 2.39. The molecule has 3 aliphatic rings. The van der Waals surface area contributed by atoms with Crippen molar-refractivity contribution in [2.24, 2.45) is 0 Å². The highest BCUT2D eigenvalue weighted by atomic mass is 35.5. The van der Waals surface area contributed by atoms with E-state index in [1.807, 2.05) is 34.1 Å². The molecule has 252 valence electrons. The first-order valence-corrected chi connectivity index (χ1v) is 15.5. The Morgan fingerprint density at radius 1 is 1.12 bits per heavy atom. The highest BCUT2D eigenvalue weighted by molar-refractivity contribution is 6.36. The predicted molar refractivity (Wildman–Crippen MR) is 167 cm³/mol. The van der Waals surface area contributed by atoms with E-state index in [2.05, 4.69) is 16.5 Å². The molecule has 0 aliphatic carbocycles. The molecule has 1 aromatic heterocycles. The summed E-state index contributed by atoms with van der Waals surface area (Å²) in [5, 5.41) is 20.2. The second-order valence-electron chi connectivity index (χ2n) is 12.0. The van der Waals surface area contributed by atoms with Crippen molar-refractivity contribution in [3.8, 4) is 12.1 Å². The third-order valence-corrected chi connectivity index (χ3v) is 9.28. The molecule has 2 atom stereocenters. The Hall–Kier alpha value is -4.84. The van der Waals surface area contributed by atoms with Crippen molar-refractivity contribution in [1.82, 2.24) is 19.8 Å². The van der Waals surface area contributed by atoms with E-state index in [4.69, 9.17) is 16.3 Å². The smallest absolute Gasteiger partial charge is 0.407 e. The second-order valence-corrected chi connectivity index (χ2v) is 12.3. The molecule has 48 heavy (non-hydrogen) atoms. The zero-order valence-corrected chi connectivity index (χ0v) is 26.3. The van der Waals surface area contributed by atoms with Crippen molar-refractivity contribution >= 4 is 45.9 Å². The summed E-state index contributed by atoms with van der Waals surface area (Å²) in [6, 6.07) is 8.43. The average molecular weight is 688 g/mol. The Morgan fingerprint density at radius 3 is 2.65 bits per heavy atom. The predicted octanol–water partition coefficient (Wildman–Crippen LogP) is 5.17. The molecule has 2 aromatic carbocycles. The highest BCUT2D eigenvalue weighted by Gasteiger charge is 2.47. The van der Waals surface area contributed by atoms with Crippen LogP contribution in [-0.2, 0) is 17.8 Å². The van der Waals surface area contributed by atoms with E-state index in [0.717, 1.165) is 10.9 Å². The molecule has 16 heteroatoms. The van der Waals surface area contributed by atoms with Crippen LogP contribution in [0.5, 0.6) is 6.01 Å². The second kappa shape index (κ2) is 13.0. The van der Waals surface area contributed by atoms with E-state index in [1.54, 1.807) is 6.07 Å². The van der Waals surface area contributed by atoms with Crippen molar-refractivity contribution in [3.63, 3.8) is 0 Å². The van der Waals surface area contributed by atoms with Crippen LogP contribution in [0.1, 0.15) is 24.1 Å². The number of hydrogen-bond acceptors (Lipinski definition) is 8. The molecule has 2 fully saturated rings. The molecular formula is C32H30ClF4N7O4. The van der Waals surface area contributed by atoms with Crippen LogP contribution < -0.4 is 14.5 Å². The van der Waals surface area contributed by atoms with Gasteiger partial charge in [0.2, 0.25) is 0 Å². The van der Waals surface area contributed by atoms with Crippen molar-refractivity contribution in [2.75, 3.05) is 49.1 Å². The molecule has 0 unspecified atom stereocenters. The summed E-state index contributed by atoms with van der Waals surface area (Å²) in [5.74, 6) is -5.39. The number of piperazine rings is 1. The molecule has 11 nitrogen and oxygen atoms in total. The van der Waals surface area contributed by atoms with Crippen LogP contribution in [0.15, 0.2) is 42.7 Å². The average Bonchev–Trinajstić information content (AvgIpc) is 3.38. The fraction of sp³-hybridized carbons (Fsp3) is 0.406. The van der Waals surface area contributed by atoms with E-state index in [0.29, 0.717) is 40.5 Å². The summed E-state index contributed by atoms with van der Waals surface area (Å²) in [4.78, 5) is 39.1. The summed E-state index contributed by atoms with van der Waals surface area (Å²) in [6.07, 6.45) is -1.89. The number of halogens is 5. The minimum atomic E-state index is -3.22. The molecule has 3 aliphatic heterocycles. The number of carboxylic acid groups (broad SMARTS) is 1. The maximum Gasteiger partial charge on any atom is 0.407 e. The van der Waals surface area contributed by atoms with Crippen LogP contribution in [0.3, 0.4) is 0 Å². The lowest BCUT2D eigenvalue weighted by Gasteiger charge is -2.42. The molecular weight excluding hydrogens is 658 g/mol. The van der Waals surface area contributed by atoms with Gasteiger partial charge in [-0.15, -0.1) is 0 Å². The SMILES string of the molecule is C=C(F)C(=O)N1CCN(c2nc(OC[C@@H]3CC(F)(F)CN3C(=O)O)nc3c2CCN(c2cccc4ccc(F)c(Cl)c24)C3)C[C@@H]1CC#N. The van der Waals surface area contributed by atoms with Gasteiger partial charge in [-0.25, -0.2) is 22.4 Å². The normalized spacial score (nSPS) is 20.4. The standard InChI is InChI=1S/C32H30ClF4N7O4/c1-18(34)29(45)43-12-11-42(14-20(43)7-9-38)28-22-8-10-41(25-4-2-3-19-5-6-23(35)27(33)26(19)25)15-24(22)39-30(40-28)48-16-21-13-32(36,37)17-44(21)31(46)47/h2-6,20-21H,1,7-8,10-17H2,(H,46,47)/t20-,21-/m0/s1. The number of alkyl halides is 2. The summed E-state index contributed by atoms with van der Waals surface area (Å²) >= 11 is 6.42. The molecule has 0 bridgehead atoms.